The molecule has 0 saturated carbocycles. The first-order chi connectivity index (χ1) is 8.24. The molecule has 0 heterocycles. The second kappa shape index (κ2) is 7.65. The molecule has 1 radical (unpaired) electrons. The maximum absolute atomic E-state index is 2.27. The van der Waals surface area contributed by atoms with Crippen molar-refractivity contribution in [2.45, 2.75) is 13.8 Å². The minimum absolute atomic E-state index is 0. The molecule has 0 nitrogen and oxygen atoms in total. The third-order valence-electron chi connectivity index (χ3n) is 3.26. The Balaban J connectivity index is 0.00000120. The van der Waals surface area contributed by atoms with Crippen molar-refractivity contribution in [2.75, 3.05) is 0 Å². The molecule has 0 aliphatic rings. The Morgan fingerprint density at radius 2 is 1.50 bits per heavy atom. The van der Waals surface area contributed by atoms with Gasteiger partial charge in [0.15, 0.2) is 0 Å². The van der Waals surface area contributed by atoms with Crippen molar-refractivity contribution >= 4 is 10.8 Å². The van der Waals surface area contributed by atoms with Crippen molar-refractivity contribution in [1.82, 2.24) is 0 Å². The quantitative estimate of drug-likeness (QED) is 0.495. The van der Waals surface area contributed by atoms with Crippen LogP contribution in [0.5, 0.6) is 0 Å². The molecule has 101 valence electrons. The fraction of sp³-hybridized carbons (Fsp3) is 0.105. The summed E-state index contributed by atoms with van der Waals surface area (Å²) >= 11 is 0. The van der Waals surface area contributed by atoms with Crippen LogP contribution < -0.4 is 0 Å². The molecule has 20 heavy (non-hydrogen) atoms. The Hall–Kier alpha value is -1.07. The van der Waals surface area contributed by atoms with Crippen LogP contribution in [0, 0.1) is 28.7 Å². The molecule has 0 unspecified atom stereocenters. The van der Waals surface area contributed by atoms with Crippen LogP contribution in [0.15, 0.2) is 54.6 Å². The summed E-state index contributed by atoms with van der Waals surface area (Å²) in [4.78, 5) is 0. The first-order valence-corrected chi connectivity index (χ1v) is 5.97. The number of fused-ring (bicyclic) bond motifs is 1. The molecule has 1 heteroatoms. The molecule has 3 aromatic carbocycles. The van der Waals surface area contributed by atoms with Crippen LogP contribution in [-0.2, 0) is 26.2 Å². The Kier molecular flexibility index (Phi) is 7.24. The molecule has 0 bridgehead atoms. The van der Waals surface area contributed by atoms with Crippen LogP contribution in [0.3, 0.4) is 0 Å². The van der Waals surface area contributed by atoms with Gasteiger partial charge in [-0.2, -0.15) is 6.07 Å². The number of hydrogen-bond donors (Lipinski definition) is 0. The predicted molar refractivity (Wildman–Crippen MR) is 87.3 cm³/mol. The molecule has 0 saturated heterocycles. The van der Waals surface area contributed by atoms with Gasteiger partial charge in [-0.05, 0) is 12.5 Å². The van der Waals surface area contributed by atoms with Gasteiger partial charge in [0, 0.05) is 0 Å². The SMILES string of the molecule is Cc1ccc(-c2cccc3[cH-]c(C)cc23)cc1.[CH3-].[CH3-].[Zr+3]. The van der Waals surface area contributed by atoms with Crippen molar-refractivity contribution < 1.29 is 26.2 Å². The minimum atomic E-state index is 0. The Morgan fingerprint density at radius 3 is 2.15 bits per heavy atom. The number of rotatable bonds is 1. The molecular formula is C19H21Zr. The summed E-state index contributed by atoms with van der Waals surface area (Å²) in [7, 11) is 0. The Bertz CT molecular complexity index is 660. The molecule has 0 N–H and O–H groups in total. The van der Waals surface area contributed by atoms with E-state index in [1.165, 1.54) is 33.0 Å². The molecule has 0 aliphatic heterocycles. The summed E-state index contributed by atoms with van der Waals surface area (Å²) in [5.74, 6) is 0. The van der Waals surface area contributed by atoms with Gasteiger partial charge in [0.05, 0.1) is 0 Å². The summed E-state index contributed by atoms with van der Waals surface area (Å²) in [5.41, 5.74) is 5.27. The average molecular weight is 341 g/mol. The summed E-state index contributed by atoms with van der Waals surface area (Å²) in [6.07, 6.45) is 0. The van der Waals surface area contributed by atoms with E-state index in [9.17, 15) is 0 Å². The van der Waals surface area contributed by atoms with E-state index < -0.39 is 0 Å². The van der Waals surface area contributed by atoms with Gasteiger partial charge in [-0.3, -0.25) is 0 Å². The molecule has 0 spiro atoms. The van der Waals surface area contributed by atoms with E-state index in [1.807, 2.05) is 0 Å². The van der Waals surface area contributed by atoms with Crippen LogP contribution in [0.1, 0.15) is 11.1 Å². The predicted octanol–water partition coefficient (Wildman–Crippen LogP) is 5.74. The van der Waals surface area contributed by atoms with E-state index in [2.05, 4.69) is 68.4 Å². The van der Waals surface area contributed by atoms with Crippen molar-refractivity contribution in [1.29, 1.82) is 0 Å². The fourth-order valence-corrected chi connectivity index (χ4v) is 2.37. The van der Waals surface area contributed by atoms with E-state index in [1.54, 1.807) is 0 Å². The van der Waals surface area contributed by atoms with Crippen LogP contribution in [0.4, 0.5) is 0 Å². The summed E-state index contributed by atoms with van der Waals surface area (Å²) < 4.78 is 0. The first kappa shape index (κ1) is 18.9. The van der Waals surface area contributed by atoms with Crippen molar-refractivity contribution in [3.05, 3.63) is 80.6 Å². The van der Waals surface area contributed by atoms with Gasteiger partial charge < -0.3 is 14.9 Å². The van der Waals surface area contributed by atoms with E-state index in [0.29, 0.717) is 0 Å². The summed E-state index contributed by atoms with van der Waals surface area (Å²) in [6.45, 7) is 4.27. The van der Waals surface area contributed by atoms with Gasteiger partial charge in [-0.15, -0.1) is 34.5 Å². The number of benzene rings is 2. The van der Waals surface area contributed by atoms with E-state index in [-0.39, 0.29) is 41.1 Å². The van der Waals surface area contributed by atoms with Gasteiger partial charge in [0.2, 0.25) is 0 Å². The first-order valence-electron chi connectivity index (χ1n) is 5.97. The largest absolute Gasteiger partial charge is 3.00 e. The molecular weight excluding hydrogens is 319 g/mol. The van der Waals surface area contributed by atoms with Crippen LogP contribution in [0.2, 0.25) is 0 Å². The monoisotopic (exact) mass is 339 g/mol. The average Bonchev–Trinajstić information content (AvgIpc) is 2.70. The topological polar surface area (TPSA) is 0 Å². The molecule has 3 rings (SSSR count). The number of hydrogen-bond acceptors (Lipinski definition) is 0. The standard InChI is InChI=1S/C17H15.2CH3.Zr/c1-12-6-8-14(9-7-12)16-5-3-4-15-10-13(2)11-17(15)16;;;/h3-11H,1-2H3;2*1H3;/q3*-1;+3. The van der Waals surface area contributed by atoms with Crippen molar-refractivity contribution in [3.63, 3.8) is 0 Å². The van der Waals surface area contributed by atoms with Crippen LogP contribution in [0.25, 0.3) is 21.9 Å². The van der Waals surface area contributed by atoms with Gasteiger partial charge in [-0.25, -0.2) is 0 Å². The Morgan fingerprint density at radius 1 is 0.850 bits per heavy atom. The van der Waals surface area contributed by atoms with E-state index in [0.717, 1.165) is 0 Å². The zero-order valence-corrected chi connectivity index (χ0v) is 15.2. The molecule has 0 aliphatic carbocycles. The zero-order chi connectivity index (χ0) is 11.8. The molecule has 0 fully saturated rings. The van der Waals surface area contributed by atoms with Crippen LogP contribution in [-0.4, -0.2) is 0 Å². The van der Waals surface area contributed by atoms with Gasteiger partial charge >= 0.3 is 26.2 Å². The van der Waals surface area contributed by atoms with Gasteiger partial charge in [-0.1, -0.05) is 48.4 Å². The fourth-order valence-electron chi connectivity index (χ4n) is 2.37. The number of aryl methyl sites for hydroxylation is 2. The third kappa shape index (κ3) is 3.52. The molecule has 0 amide bonds. The molecule has 0 atom stereocenters. The van der Waals surface area contributed by atoms with E-state index >= 15 is 0 Å². The maximum Gasteiger partial charge on any atom is 3.00 e. The zero-order valence-electron chi connectivity index (χ0n) is 12.7. The molecule has 0 aromatic heterocycles. The maximum atomic E-state index is 2.27. The molecule has 3 aromatic rings. The summed E-state index contributed by atoms with van der Waals surface area (Å²) in [6, 6.07) is 19.8. The second-order valence-corrected chi connectivity index (χ2v) is 4.71. The smallest absolute Gasteiger partial charge is 0.358 e. The van der Waals surface area contributed by atoms with Crippen molar-refractivity contribution in [3.8, 4) is 11.1 Å². The van der Waals surface area contributed by atoms with Crippen molar-refractivity contribution in [2.24, 2.45) is 0 Å². The van der Waals surface area contributed by atoms with Crippen LogP contribution >= 0.6 is 0 Å². The van der Waals surface area contributed by atoms with Gasteiger partial charge in [0.1, 0.15) is 0 Å². The second-order valence-electron chi connectivity index (χ2n) is 4.71. The minimum Gasteiger partial charge on any atom is -0.358 e. The normalized spacial score (nSPS) is 9.30. The third-order valence-corrected chi connectivity index (χ3v) is 3.26. The summed E-state index contributed by atoms with van der Waals surface area (Å²) in [5, 5.41) is 2.69. The van der Waals surface area contributed by atoms with E-state index in [4.69, 9.17) is 0 Å². The van der Waals surface area contributed by atoms with Gasteiger partial charge in [0.25, 0.3) is 0 Å². The Labute approximate surface area is 142 Å².